The molecule has 0 fully saturated rings. The Hall–Kier alpha value is -1.84. The minimum atomic E-state index is -0.912. The quantitative estimate of drug-likeness (QED) is 0.415. The van der Waals surface area contributed by atoms with Gasteiger partial charge in [0.05, 0.1) is 0 Å². The zero-order valence-corrected chi connectivity index (χ0v) is 6.41. The van der Waals surface area contributed by atoms with Crippen LogP contribution < -0.4 is 0 Å². The minimum Gasteiger partial charge on any atom is -0.255 e. The smallest absolute Gasteiger partial charge is 0.255 e. The topological polar surface area (TPSA) is 85.8 Å². The normalized spacial score (nSPS) is 21.2. The van der Waals surface area contributed by atoms with Crippen LogP contribution in [0.15, 0.2) is 5.10 Å². The molecule has 1 atom stereocenters. The molecule has 1 aliphatic rings. The van der Waals surface area contributed by atoms with E-state index in [9.17, 15) is 10.1 Å². The second-order valence-electron chi connectivity index (χ2n) is 2.11. The van der Waals surface area contributed by atoms with Crippen LogP contribution in [0.1, 0.15) is 6.92 Å². The van der Waals surface area contributed by atoms with Crippen molar-refractivity contribution in [3.63, 3.8) is 0 Å². The van der Waals surface area contributed by atoms with Crippen molar-refractivity contribution >= 4 is 6.34 Å². The zero-order valence-electron chi connectivity index (χ0n) is 6.41. The Labute approximate surface area is 68.6 Å². The maximum absolute atomic E-state index is 10.3. The Bertz CT molecular complexity index is 257. The van der Waals surface area contributed by atoms with E-state index in [1.807, 2.05) is 0 Å². The van der Waals surface area contributed by atoms with E-state index in [-0.39, 0.29) is 0 Å². The van der Waals surface area contributed by atoms with Crippen LogP contribution in [0, 0.1) is 21.4 Å². The monoisotopic (exact) mass is 169 g/mol. The van der Waals surface area contributed by atoms with E-state index in [0.717, 1.165) is 6.34 Å². The van der Waals surface area contributed by atoms with Crippen LogP contribution >= 0.6 is 0 Å². The molecule has 7 heteroatoms. The van der Waals surface area contributed by atoms with Crippen LogP contribution in [0.25, 0.3) is 0 Å². The predicted molar refractivity (Wildman–Crippen MR) is 39.1 cm³/mol. The Morgan fingerprint density at radius 2 is 2.58 bits per heavy atom. The molecule has 7 nitrogen and oxygen atoms in total. The molecule has 0 aromatic carbocycles. The number of hydrazone groups is 1. The lowest BCUT2D eigenvalue weighted by atomic mass is 10.5. The summed E-state index contributed by atoms with van der Waals surface area (Å²) in [6.07, 6.45) is 0.127. The highest BCUT2D eigenvalue weighted by Gasteiger charge is 2.34. The SMILES string of the molecule is CCN1N=CN([N+](=O)[O-])C1C#N. The van der Waals surface area contributed by atoms with Gasteiger partial charge in [0.15, 0.2) is 11.4 Å². The van der Waals surface area contributed by atoms with Gasteiger partial charge in [0.1, 0.15) is 6.07 Å². The lowest BCUT2D eigenvalue weighted by Crippen LogP contribution is -2.41. The second-order valence-corrected chi connectivity index (χ2v) is 2.11. The molecule has 1 aliphatic heterocycles. The summed E-state index contributed by atoms with van der Waals surface area (Å²) in [6, 6.07) is 1.78. The summed E-state index contributed by atoms with van der Waals surface area (Å²) in [5, 5.41) is 23.9. The maximum atomic E-state index is 10.3. The molecule has 0 radical (unpaired) electrons. The van der Waals surface area contributed by atoms with Crippen molar-refractivity contribution < 1.29 is 5.03 Å². The number of nitriles is 1. The van der Waals surface area contributed by atoms with Gasteiger partial charge in [-0.25, -0.2) is 10.1 Å². The average Bonchev–Trinajstić information content (AvgIpc) is 2.46. The number of hydrogen-bond donors (Lipinski definition) is 0. The van der Waals surface area contributed by atoms with E-state index >= 15 is 0 Å². The van der Waals surface area contributed by atoms with Crippen molar-refractivity contribution in [2.45, 2.75) is 13.1 Å². The molecule has 64 valence electrons. The largest absolute Gasteiger partial charge is 0.269 e. The van der Waals surface area contributed by atoms with E-state index in [2.05, 4.69) is 5.10 Å². The van der Waals surface area contributed by atoms with Crippen molar-refractivity contribution in [1.29, 1.82) is 5.26 Å². The van der Waals surface area contributed by atoms with Crippen LogP contribution in [-0.2, 0) is 0 Å². The molecule has 0 aromatic rings. The lowest BCUT2D eigenvalue weighted by Gasteiger charge is -2.16. The van der Waals surface area contributed by atoms with Gasteiger partial charge in [-0.1, -0.05) is 0 Å². The Kier molecular flexibility index (Phi) is 2.09. The van der Waals surface area contributed by atoms with Gasteiger partial charge in [-0.2, -0.15) is 10.4 Å². The molecular weight excluding hydrogens is 162 g/mol. The summed E-state index contributed by atoms with van der Waals surface area (Å²) >= 11 is 0. The van der Waals surface area contributed by atoms with Crippen LogP contribution in [0.5, 0.6) is 0 Å². The molecule has 0 spiro atoms. The van der Waals surface area contributed by atoms with Crippen molar-refractivity contribution in [2.75, 3.05) is 6.54 Å². The fraction of sp³-hybridized carbons (Fsp3) is 0.600. The molecule has 1 rings (SSSR count). The third kappa shape index (κ3) is 1.14. The van der Waals surface area contributed by atoms with E-state index in [1.165, 1.54) is 5.01 Å². The van der Waals surface area contributed by atoms with Crippen LogP contribution in [-0.4, -0.2) is 34.1 Å². The third-order valence-electron chi connectivity index (χ3n) is 1.48. The molecule has 1 unspecified atom stereocenters. The van der Waals surface area contributed by atoms with Gasteiger partial charge in [0.25, 0.3) is 6.17 Å². The number of hydrogen-bond acceptors (Lipinski definition) is 5. The Morgan fingerprint density at radius 3 is 3.00 bits per heavy atom. The van der Waals surface area contributed by atoms with E-state index < -0.39 is 11.2 Å². The van der Waals surface area contributed by atoms with Crippen molar-refractivity contribution in [2.24, 2.45) is 5.10 Å². The fourth-order valence-electron chi connectivity index (χ4n) is 0.894. The third-order valence-corrected chi connectivity index (χ3v) is 1.48. The standard InChI is InChI=1S/C5H7N5O2/c1-2-8-5(3-6)9(4-7-8)10(11)12/h4-5H,2H2,1H3. The summed E-state index contributed by atoms with van der Waals surface area (Å²) in [6.45, 7) is 2.24. The first kappa shape index (κ1) is 8.26. The molecule has 12 heavy (non-hydrogen) atoms. The molecule has 0 saturated heterocycles. The Balaban J connectivity index is 2.77. The van der Waals surface area contributed by atoms with Crippen LogP contribution in [0.3, 0.4) is 0 Å². The van der Waals surface area contributed by atoms with Gasteiger partial charge >= 0.3 is 0 Å². The number of nitrogens with zero attached hydrogens (tertiary/aromatic N) is 5. The van der Waals surface area contributed by atoms with Gasteiger partial charge < -0.3 is 0 Å². The summed E-state index contributed by atoms with van der Waals surface area (Å²) in [4.78, 5) is 10.3. The van der Waals surface area contributed by atoms with Crippen LogP contribution in [0.2, 0.25) is 0 Å². The first-order valence-corrected chi connectivity index (χ1v) is 3.33. The highest BCUT2D eigenvalue weighted by Crippen LogP contribution is 2.10. The van der Waals surface area contributed by atoms with Gasteiger partial charge in [-0.3, -0.25) is 5.01 Å². The van der Waals surface area contributed by atoms with E-state index in [4.69, 9.17) is 5.26 Å². The Morgan fingerprint density at radius 1 is 1.92 bits per heavy atom. The van der Waals surface area contributed by atoms with E-state index in [0.29, 0.717) is 11.6 Å². The molecule has 0 aromatic heterocycles. The molecule has 0 bridgehead atoms. The highest BCUT2D eigenvalue weighted by atomic mass is 16.7. The molecule has 1 heterocycles. The molecule has 0 amide bonds. The summed E-state index contributed by atoms with van der Waals surface area (Å²) in [5.41, 5.74) is 0. The summed E-state index contributed by atoms with van der Waals surface area (Å²) < 4.78 is 0. The molecule has 0 saturated carbocycles. The molecule has 0 N–H and O–H groups in total. The van der Waals surface area contributed by atoms with E-state index in [1.54, 1.807) is 13.0 Å². The highest BCUT2D eigenvalue weighted by molar-refractivity contribution is 5.56. The van der Waals surface area contributed by atoms with Gasteiger partial charge in [-0.05, 0) is 11.9 Å². The first-order valence-electron chi connectivity index (χ1n) is 3.33. The van der Waals surface area contributed by atoms with Gasteiger partial charge in [0.2, 0.25) is 0 Å². The van der Waals surface area contributed by atoms with Crippen molar-refractivity contribution in [1.82, 2.24) is 10.0 Å². The number of hydrazine groups is 1. The summed E-state index contributed by atoms with van der Waals surface area (Å²) in [5.74, 6) is 0. The minimum absolute atomic E-state index is 0.471. The maximum Gasteiger partial charge on any atom is 0.269 e. The molecular formula is C5H7N5O2. The fourth-order valence-corrected chi connectivity index (χ4v) is 0.894. The predicted octanol–water partition coefficient (Wildman–Crippen LogP) is -0.391. The molecule has 0 aliphatic carbocycles. The summed E-state index contributed by atoms with van der Waals surface area (Å²) in [7, 11) is 0. The first-order chi connectivity index (χ1) is 5.70. The zero-order chi connectivity index (χ0) is 9.14. The van der Waals surface area contributed by atoms with Crippen molar-refractivity contribution in [3.05, 3.63) is 10.1 Å². The number of nitro groups is 1. The van der Waals surface area contributed by atoms with Gasteiger partial charge in [0, 0.05) is 6.54 Å². The van der Waals surface area contributed by atoms with Gasteiger partial charge in [-0.15, -0.1) is 0 Å². The average molecular weight is 169 g/mol. The van der Waals surface area contributed by atoms with Crippen LogP contribution in [0.4, 0.5) is 0 Å². The van der Waals surface area contributed by atoms with Crippen molar-refractivity contribution in [3.8, 4) is 6.07 Å². The second kappa shape index (κ2) is 3.04. The lowest BCUT2D eigenvalue weighted by molar-refractivity contribution is -0.634. The number of rotatable bonds is 2.